The van der Waals surface area contributed by atoms with Crippen molar-refractivity contribution < 1.29 is 9.18 Å². The van der Waals surface area contributed by atoms with Gasteiger partial charge in [-0.25, -0.2) is 9.18 Å². The molecule has 0 bridgehead atoms. The zero-order valence-corrected chi connectivity index (χ0v) is 22.4. The van der Waals surface area contributed by atoms with Gasteiger partial charge in [0.25, 0.3) is 0 Å². The predicted octanol–water partition coefficient (Wildman–Crippen LogP) is 7.62. The number of amides is 2. The number of hydrogen-bond acceptors (Lipinski definition) is 2. The second kappa shape index (κ2) is 10.7. The summed E-state index contributed by atoms with van der Waals surface area (Å²) < 4.78 is 14.8. The van der Waals surface area contributed by atoms with E-state index in [1.54, 1.807) is 6.07 Å². The predicted molar refractivity (Wildman–Crippen MR) is 154 cm³/mol. The maximum Gasteiger partial charge on any atom is 0.318 e. The van der Waals surface area contributed by atoms with Crippen LogP contribution in [0.3, 0.4) is 0 Å². The summed E-state index contributed by atoms with van der Waals surface area (Å²) in [6, 6.07) is 34.7. The van der Waals surface area contributed by atoms with Crippen molar-refractivity contribution in [3.63, 3.8) is 0 Å². The second-order valence-electron chi connectivity index (χ2n) is 10.6. The first-order chi connectivity index (χ1) is 19.0. The molecule has 2 amide bonds. The molecule has 1 atom stereocenters. The molecule has 2 aliphatic rings. The highest BCUT2D eigenvalue weighted by Gasteiger charge is 2.55. The van der Waals surface area contributed by atoms with E-state index in [0.29, 0.717) is 23.8 Å². The van der Waals surface area contributed by atoms with Crippen molar-refractivity contribution in [2.24, 2.45) is 5.41 Å². The van der Waals surface area contributed by atoms with Gasteiger partial charge in [-0.15, -0.1) is 0 Å². The SMILES string of the molecule is O=C(NC(c1ccccc1)c1ccccc1)N1CCC2(CC1)CN(c1ccccc1F)C2c1ccc(Cl)cc1. The van der Waals surface area contributed by atoms with E-state index in [2.05, 4.69) is 10.2 Å². The third-order valence-corrected chi connectivity index (χ3v) is 8.56. The van der Waals surface area contributed by atoms with Crippen LogP contribution in [0.15, 0.2) is 109 Å². The Balaban J connectivity index is 1.20. The lowest BCUT2D eigenvalue weighted by Gasteiger charge is -2.61. The summed E-state index contributed by atoms with van der Waals surface area (Å²) in [5.74, 6) is -0.212. The highest BCUT2D eigenvalue weighted by atomic mass is 35.5. The Morgan fingerprint density at radius 1 is 0.821 bits per heavy atom. The summed E-state index contributed by atoms with van der Waals surface area (Å²) in [6.07, 6.45) is 1.69. The molecular weight excluding hydrogens is 509 g/mol. The summed E-state index contributed by atoms with van der Waals surface area (Å²) in [6.45, 7) is 2.06. The zero-order valence-electron chi connectivity index (χ0n) is 21.6. The number of anilines is 1. The number of carbonyl (C=O) groups excluding carboxylic acids is 1. The highest BCUT2D eigenvalue weighted by Crippen LogP contribution is 2.56. The molecular formula is C33H31ClFN3O. The smallest absolute Gasteiger partial charge is 0.318 e. The van der Waals surface area contributed by atoms with Gasteiger partial charge in [0.05, 0.1) is 17.8 Å². The Bertz CT molecular complexity index is 1380. The minimum atomic E-state index is -0.224. The summed E-state index contributed by atoms with van der Waals surface area (Å²) in [7, 11) is 0. The molecule has 2 fully saturated rings. The van der Waals surface area contributed by atoms with E-state index in [9.17, 15) is 9.18 Å². The van der Waals surface area contributed by atoms with Crippen molar-refractivity contribution in [1.82, 2.24) is 10.2 Å². The fourth-order valence-electron chi connectivity index (χ4n) is 6.27. The quantitative estimate of drug-likeness (QED) is 0.283. The van der Waals surface area contributed by atoms with Gasteiger partial charge in [0, 0.05) is 30.1 Å². The van der Waals surface area contributed by atoms with Crippen molar-refractivity contribution in [2.45, 2.75) is 24.9 Å². The van der Waals surface area contributed by atoms with E-state index in [1.165, 1.54) is 6.07 Å². The Morgan fingerprint density at radius 2 is 1.38 bits per heavy atom. The molecule has 6 heteroatoms. The number of hydrogen-bond donors (Lipinski definition) is 1. The molecule has 0 aliphatic carbocycles. The zero-order chi connectivity index (χ0) is 26.8. The van der Waals surface area contributed by atoms with Gasteiger partial charge in [0.2, 0.25) is 0 Å². The van der Waals surface area contributed by atoms with Gasteiger partial charge >= 0.3 is 6.03 Å². The lowest BCUT2D eigenvalue weighted by Crippen LogP contribution is -2.63. The number of nitrogens with zero attached hydrogens (tertiary/aromatic N) is 2. The number of nitrogens with one attached hydrogen (secondary N) is 1. The number of urea groups is 1. The first-order valence-electron chi connectivity index (χ1n) is 13.5. The average molecular weight is 540 g/mol. The van der Waals surface area contributed by atoms with Gasteiger partial charge < -0.3 is 15.1 Å². The van der Waals surface area contributed by atoms with Crippen LogP contribution in [0.5, 0.6) is 0 Å². The lowest BCUT2D eigenvalue weighted by atomic mass is 9.63. The van der Waals surface area contributed by atoms with E-state index in [1.807, 2.05) is 102 Å². The normalized spacial score (nSPS) is 18.2. The molecule has 4 aromatic carbocycles. The molecule has 0 aromatic heterocycles. The number of likely N-dealkylation sites (tertiary alicyclic amines) is 1. The van der Waals surface area contributed by atoms with E-state index in [4.69, 9.17) is 11.6 Å². The summed E-state index contributed by atoms with van der Waals surface area (Å²) in [5.41, 5.74) is 3.81. The first-order valence-corrected chi connectivity index (χ1v) is 13.8. The second-order valence-corrected chi connectivity index (χ2v) is 11.0. The van der Waals surface area contributed by atoms with E-state index >= 15 is 0 Å². The van der Waals surface area contributed by atoms with Crippen LogP contribution in [0.4, 0.5) is 14.9 Å². The van der Waals surface area contributed by atoms with Crippen molar-refractivity contribution in [3.8, 4) is 0 Å². The average Bonchev–Trinajstić information content (AvgIpc) is 2.97. The standard InChI is InChI=1S/C33H31ClFN3O/c34-27-17-15-26(16-18-27)31-33(23-38(31)29-14-8-7-13-28(29)35)19-21-37(22-20-33)32(39)36-30(24-9-3-1-4-10-24)25-11-5-2-6-12-25/h1-18,30-31H,19-23H2,(H,36,39). The largest absolute Gasteiger partial charge is 0.361 e. The third-order valence-electron chi connectivity index (χ3n) is 8.30. The Hall–Kier alpha value is -3.83. The van der Waals surface area contributed by atoms with E-state index in [-0.39, 0.29) is 29.3 Å². The Labute approximate surface area is 234 Å². The maximum atomic E-state index is 14.8. The van der Waals surface area contributed by atoms with Crippen LogP contribution in [0.25, 0.3) is 0 Å². The number of para-hydroxylation sites is 1. The summed E-state index contributed by atoms with van der Waals surface area (Å²) >= 11 is 6.19. The molecule has 4 nitrogen and oxygen atoms in total. The molecule has 2 aliphatic heterocycles. The first kappa shape index (κ1) is 25.4. The lowest BCUT2D eigenvalue weighted by molar-refractivity contribution is 0.0428. The van der Waals surface area contributed by atoms with Gasteiger partial charge in [0.1, 0.15) is 5.82 Å². The molecule has 4 aromatic rings. The molecule has 2 saturated heterocycles. The molecule has 39 heavy (non-hydrogen) atoms. The van der Waals surface area contributed by atoms with Gasteiger partial charge in [-0.2, -0.15) is 0 Å². The van der Waals surface area contributed by atoms with Crippen LogP contribution in [0.1, 0.15) is 41.6 Å². The number of rotatable bonds is 5. The van der Waals surface area contributed by atoms with Crippen molar-refractivity contribution >= 4 is 23.3 Å². The van der Waals surface area contributed by atoms with Gasteiger partial charge in [0.15, 0.2) is 0 Å². The number of piperidine rings is 1. The van der Waals surface area contributed by atoms with Gasteiger partial charge in [-0.3, -0.25) is 0 Å². The van der Waals surface area contributed by atoms with Crippen molar-refractivity contribution in [3.05, 3.63) is 137 Å². The molecule has 1 unspecified atom stereocenters. The van der Waals surface area contributed by atoms with Crippen LogP contribution < -0.4 is 10.2 Å². The Kier molecular flexibility index (Phi) is 7.01. The summed E-state index contributed by atoms with van der Waals surface area (Å²) in [4.78, 5) is 17.6. The molecule has 1 spiro atoms. The maximum absolute atomic E-state index is 14.8. The topological polar surface area (TPSA) is 35.6 Å². The number of carbonyl (C=O) groups is 1. The van der Waals surface area contributed by atoms with Gasteiger partial charge in [-0.1, -0.05) is 96.5 Å². The van der Waals surface area contributed by atoms with E-state index in [0.717, 1.165) is 36.1 Å². The molecule has 198 valence electrons. The van der Waals surface area contributed by atoms with Crippen LogP contribution in [0.2, 0.25) is 5.02 Å². The molecule has 2 heterocycles. The summed E-state index contributed by atoms with van der Waals surface area (Å²) in [5, 5.41) is 3.97. The fourth-order valence-corrected chi connectivity index (χ4v) is 6.40. The van der Waals surface area contributed by atoms with E-state index < -0.39 is 0 Å². The molecule has 0 radical (unpaired) electrons. The molecule has 1 N–H and O–H groups in total. The number of halogens is 2. The van der Waals surface area contributed by atoms with Crippen LogP contribution in [0, 0.1) is 11.2 Å². The van der Waals surface area contributed by atoms with Gasteiger partial charge in [-0.05, 0) is 53.8 Å². The Morgan fingerprint density at radius 3 is 1.97 bits per heavy atom. The van der Waals surface area contributed by atoms with Crippen LogP contribution in [-0.2, 0) is 0 Å². The minimum Gasteiger partial charge on any atom is -0.361 e. The molecule has 6 rings (SSSR count). The minimum absolute atomic E-state index is 0.0262. The van der Waals surface area contributed by atoms with Crippen LogP contribution >= 0.6 is 11.6 Å². The highest BCUT2D eigenvalue weighted by molar-refractivity contribution is 6.30. The van der Waals surface area contributed by atoms with Crippen molar-refractivity contribution in [1.29, 1.82) is 0 Å². The van der Waals surface area contributed by atoms with Crippen LogP contribution in [-0.4, -0.2) is 30.6 Å². The number of benzene rings is 4. The molecule has 0 saturated carbocycles. The monoisotopic (exact) mass is 539 g/mol. The van der Waals surface area contributed by atoms with Crippen molar-refractivity contribution in [2.75, 3.05) is 24.5 Å². The fraction of sp³-hybridized carbons (Fsp3) is 0.242. The third kappa shape index (κ3) is 4.99.